The highest BCUT2D eigenvalue weighted by Gasteiger charge is 2.29. The Bertz CT molecular complexity index is 456. The van der Waals surface area contributed by atoms with E-state index < -0.39 is 0 Å². The molecule has 2 rings (SSSR count). The molecule has 0 saturated heterocycles. The second-order valence-electron chi connectivity index (χ2n) is 4.72. The average Bonchev–Trinajstić information content (AvgIpc) is 2.82. The molecule has 0 bridgehead atoms. The van der Waals surface area contributed by atoms with Crippen molar-refractivity contribution in [3.05, 3.63) is 21.9 Å². The van der Waals surface area contributed by atoms with Crippen LogP contribution in [0.2, 0.25) is 0 Å². The van der Waals surface area contributed by atoms with Gasteiger partial charge in [0, 0.05) is 24.9 Å². The summed E-state index contributed by atoms with van der Waals surface area (Å²) in [5, 5.41) is 2.09. The number of nitrogens with two attached hydrogens (primary N) is 1. The number of aryl methyl sites for hydroxylation is 1. The van der Waals surface area contributed by atoms with Crippen LogP contribution in [0.3, 0.4) is 0 Å². The highest BCUT2D eigenvalue weighted by atomic mass is 32.1. The average molecular weight is 282 g/mol. The first-order valence-corrected chi connectivity index (χ1v) is 7.48. The number of hydrogen-bond acceptors (Lipinski definition) is 3. The molecular weight excluding hydrogens is 264 g/mol. The van der Waals surface area contributed by atoms with Crippen molar-refractivity contribution in [2.24, 2.45) is 5.73 Å². The first-order chi connectivity index (χ1) is 8.59. The molecule has 0 saturated carbocycles. The van der Waals surface area contributed by atoms with Crippen molar-refractivity contribution in [1.29, 1.82) is 0 Å². The van der Waals surface area contributed by atoms with E-state index in [9.17, 15) is 4.79 Å². The van der Waals surface area contributed by atoms with E-state index in [1.807, 2.05) is 7.05 Å². The molecule has 3 nitrogen and oxygen atoms in total. The van der Waals surface area contributed by atoms with Crippen molar-refractivity contribution in [1.82, 2.24) is 4.90 Å². The minimum atomic E-state index is 0.0383. The van der Waals surface area contributed by atoms with Gasteiger partial charge in [-0.1, -0.05) is 12.2 Å². The van der Waals surface area contributed by atoms with Crippen molar-refractivity contribution >= 4 is 34.5 Å². The summed E-state index contributed by atoms with van der Waals surface area (Å²) in [6.07, 6.45) is 3.78. The van der Waals surface area contributed by atoms with E-state index in [1.165, 1.54) is 10.4 Å². The number of rotatable bonds is 4. The van der Waals surface area contributed by atoms with Gasteiger partial charge in [0.25, 0.3) is 0 Å². The number of nitrogens with zero attached hydrogens (tertiary/aromatic N) is 1. The van der Waals surface area contributed by atoms with E-state index in [4.69, 9.17) is 18.0 Å². The van der Waals surface area contributed by atoms with Gasteiger partial charge < -0.3 is 10.6 Å². The topological polar surface area (TPSA) is 46.3 Å². The summed E-state index contributed by atoms with van der Waals surface area (Å²) < 4.78 is 0. The van der Waals surface area contributed by atoms with Gasteiger partial charge in [-0.2, -0.15) is 0 Å². The van der Waals surface area contributed by atoms with E-state index in [0.29, 0.717) is 18.0 Å². The third-order valence-corrected chi connectivity index (χ3v) is 4.62. The lowest BCUT2D eigenvalue weighted by atomic mass is 9.87. The van der Waals surface area contributed by atoms with Crippen molar-refractivity contribution in [2.75, 3.05) is 13.6 Å². The molecule has 1 aromatic rings. The van der Waals surface area contributed by atoms with Gasteiger partial charge >= 0.3 is 0 Å². The monoisotopic (exact) mass is 282 g/mol. The van der Waals surface area contributed by atoms with Gasteiger partial charge in [-0.05, 0) is 36.3 Å². The molecule has 5 heteroatoms. The molecule has 2 N–H and O–H groups in total. The smallest absolute Gasteiger partial charge is 0.229 e. The first kappa shape index (κ1) is 13.5. The number of thiocarbonyl (C=S) groups is 1. The molecule has 0 radical (unpaired) electrons. The fraction of sp³-hybridized carbons (Fsp3) is 0.538. The Kier molecular flexibility index (Phi) is 4.35. The lowest BCUT2D eigenvalue weighted by Crippen LogP contribution is -2.35. The molecule has 1 aliphatic carbocycles. The van der Waals surface area contributed by atoms with E-state index in [1.54, 1.807) is 16.2 Å². The Hall–Kier alpha value is -0.940. The van der Waals surface area contributed by atoms with Gasteiger partial charge in [-0.25, -0.2) is 0 Å². The molecule has 1 unspecified atom stereocenters. The molecule has 1 atom stereocenters. The van der Waals surface area contributed by atoms with Crippen LogP contribution in [0, 0.1) is 0 Å². The predicted molar refractivity (Wildman–Crippen MR) is 79.0 cm³/mol. The number of fused-ring (bicyclic) bond motifs is 1. The number of hydrogen-bond donors (Lipinski definition) is 1. The Balaban J connectivity index is 2.04. The summed E-state index contributed by atoms with van der Waals surface area (Å²) in [4.78, 5) is 16.0. The van der Waals surface area contributed by atoms with Crippen LogP contribution in [0.5, 0.6) is 0 Å². The number of carbonyl (C=O) groups is 1. The number of likely N-dealkylation sites (N-methyl/N-ethyl adjacent to an activating group) is 1. The summed E-state index contributed by atoms with van der Waals surface area (Å²) in [5.74, 6) is 0.238. The van der Waals surface area contributed by atoms with Crippen LogP contribution in [0.1, 0.15) is 35.6 Å². The second kappa shape index (κ2) is 5.80. The van der Waals surface area contributed by atoms with E-state index >= 15 is 0 Å². The number of carbonyl (C=O) groups excluding carboxylic acids is 1. The first-order valence-electron chi connectivity index (χ1n) is 6.19. The van der Waals surface area contributed by atoms with E-state index in [0.717, 1.165) is 19.3 Å². The molecule has 1 heterocycles. The highest BCUT2D eigenvalue weighted by Crippen LogP contribution is 2.35. The Morgan fingerprint density at radius 1 is 1.67 bits per heavy atom. The highest BCUT2D eigenvalue weighted by molar-refractivity contribution is 7.80. The fourth-order valence-electron chi connectivity index (χ4n) is 2.40. The molecule has 0 spiro atoms. The largest absolute Gasteiger partial charge is 0.393 e. The standard InChI is InChI=1S/C13H18N2OS2/c1-15(7-5-12(14)17)13(16)10-3-2-4-11-9(10)6-8-18-11/h6,8,10H,2-5,7H2,1H3,(H2,14,17). The van der Waals surface area contributed by atoms with E-state index in [2.05, 4.69) is 11.4 Å². The van der Waals surface area contributed by atoms with Gasteiger partial charge in [0.15, 0.2) is 0 Å². The molecule has 0 aliphatic heterocycles. The Morgan fingerprint density at radius 3 is 3.17 bits per heavy atom. The minimum Gasteiger partial charge on any atom is -0.393 e. The van der Waals surface area contributed by atoms with Crippen LogP contribution < -0.4 is 5.73 Å². The van der Waals surface area contributed by atoms with Crippen LogP contribution in [-0.4, -0.2) is 29.4 Å². The maximum atomic E-state index is 12.4. The van der Waals surface area contributed by atoms with Gasteiger partial charge in [0.2, 0.25) is 5.91 Å². The summed E-state index contributed by atoms with van der Waals surface area (Å²) in [6, 6.07) is 2.10. The molecule has 1 amide bonds. The molecular formula is C13H18N2OS2. The second-order valence-corrected chi connectivity index (χ2v) is 6.25. The number of thiophene rings is 1. The van der Waals surface area contributed by atoms with Crippen molar-refractivity contribution < 1.29 is 4.79 Å². The van der Waals surface area contributed by atoms with E-state index in [-0.39, 0.29) is 11.8 Å². The predicted octanol–water partition coefficient (Wildman–Crippen LogP) is 2.30. The summed E-state index contributed by atoms with van der Waals surface area (Å²) in [5.41, 5.74) is 6.71. The van der Waals surface area contributed by atoms with Crippen molar-refractivity contribution in [3.8, 4) is 0 Å². The fourth-order valence-corrected chi connectivity index (χ4v) is 3.48. The van der Waals surface area contributed by atoms with Crippen molar-refractivity contribution in [2.45, 2.75) is 31.6 Å². The SMILES string of the molecule is CN(CCC(N)=S)C(=O)C1CCCc2sccc21. The van der Waals surface area contributed by atoms with Gasteiger partial charge in [0.05, 0.1) is 10.9 Å². The zero-order chi connectivity index (χ0) is 13.1. The lowest BCUT2D eigenvalue weighted by molar-refractivity contribution is -0.131. The maximum absolute atomic E-state index is 12.4. The summed E-state index contributed by atoms with van der Waals surface area (Å²) in [7, 11) is 1.83. The third-order valence-electron chi connectivity index (χ3n) is 3.42. The molecule has 1 aliphatic rings. The zero-order valence-corrected chi connectivity index (χ0v) is 12.1. The van der Waals surface area contributed by atoms with Crippen molar-refractivity contribution in [3.63, 3.8) is 0 Å². The summed E-state index contributed by atoms with van der Waals surface area (Å²) in [6.45, 7) is 0.615. The lowest BCUT2D eigenvalue weighted by Gasteiger charge is -2.26. The van der Waals surface area contributed by atoms with Crippen LogP contribution in [-0.2, 0) is 11.2 Å². The Morgan fingerprint density at radius 2 is 2.44 bits per heavy atom. The van der Waals surface area contributed by atoms with Gasteiger partial charge in [-0.3, -0.25) is 4.79 Å². The van der Waals surface area contributed by atoms with Crippen LogP contribution >= 0.6 is 23.6 Å². The number of amides is 1. The van der Waals surface area contributed by atoms with Gasteiger partial charge in [-0.15, -0.1) is 11.3 Å². The maximum Gasteiger partial charge on any atom is 0.229 e. The zero-order valence-electron chi connectivity index (χ0n) is 10.5. The minimum absolute atomic E-state index is 0.0383. The Labute approximate surface area is 117 Å². The third kappa shape index (κ3) is 2.90. The summed E-state index contributed by atoms with van der Waals surface area (Å²) >= 11 is 6.61. The molecule has 0 fully saturated rings. The van der Waals surface area contributed by atoms with Crippen LogP contribution in [0.4, 0.5) is 0 Å². The molecule has 18 heavy (non-hydrogen) atoms. The van der Waals surface area contributed by atoms with Gasteiger partial charge in [0.1, 0.15) is 0 Å². The molecule has 1 aromatic heterocycles. The quantitative estimate of drug-likeness (QED) is 0.862. The molecule has 0 aromatic carbocycles. The van der Waals surface area contributed by atoms with Crippen LogP contribution in [0.15, 0.2) is 11.4 Å². The molecule has 98 valence electrons. The normalized spacial score (nSPS) is 18.2. The van der Waals surface area contributed by atoms with Crippen LogP contribution in [0.25, 0.3) is 0 Å².